The van der Waals surface area contributed by atoms with E-state index in [2.05, 4.69) is 20.0 Å². The van der Waals surface area contributed by atoms with E-state index in [0.717, 1.165) is 12.0 Å². The highest BCUT2D eigenvalue weighted by atomic mass is 32.2. The number of hydrogen-bond donors (Lipinski definition) is 2. The van der Waals surface area contributed by atoms with E-state index in [4.69, 9.17) is 0 Å². The first-order valence-corrected chi connectivity index (χ1v) is 10.00. The second kappa shape index (κ2) is 7.29. The molecule has 0 bridgehead atoms. The van der Waals surface area contributed by atoms with Gasteiger partial charge in [0.25, 0.3) is 10.0 Å². The molecule has 1 atom stereocenters. The topological polar surface area (TPSA) is 84.0 Å². The van der Waals surface area contributed by atoms with Gasteiger partial charge in [0.05, 0.1) is 15.9 Å². The predicted octanol–water partition coefficient (Wildman–Crippen LogP) is 3.95. The average Bonchev–Trinajstić information content (AvgIpc) is 2.62. The summed E-state index contributed by atoms with van der Waals surface area (Å²) in [5.41, 5.74) is 2.33. The molecule has 0 radical (unpaired) electrons. The van der Waals surface area contributed by atoms with Crippen LogP contribution in [0.25, 0.3) is 11.0 Å². The number of nitrogens with one attached hydrogen (secondary N) is 2. The first-order chi connectivity index (χ1) is 12.4. The lowest BCUT2D eigenvalue weighted by Crippen LogP contribution is -2.20. The predicted molar refractivity (Wildman–Crippen MR) is 105 cm³/mol. The van der Waals surface area contributed by atoms with E-state index in [1.54, 1.807) is 30.3 Å². The van der Waals surface area contributed by atoms with Gasteiger partial charge in [0.2, 0.25) is 0 Å². The second-order valence-corrected chi connectivity index (χ2v) is 7.96. The molecule has 3 rings (SSSR count). The number of aromatic nitrogens is 2. The Morgan fingerprint density at radius 1 is 0.962 bits per heavy atom. The zero-order valence-electron chi connectivity index (χ0n) is 15.0. The molecular weight excluding hydrogens is 348 g/mol. The highest BCUT2D eigenvalue weighted by molar-refractivity contribution is 7.92. The minimum Gasteiger partial charge on any atom is -0.365 e. The summed E-state index contributed by atoms with van der Waals surface area (Å²) in [6, 6.07) is 14.2. The van der Waals surface area contributed by atoms with Gasteiger partial charge in [-0.2, -0.15) is 0 Å². The van der Waals surface area contributed by atoms with Gasteiger partial charge in [0, 0.05) is 6.04 Å². The Hall–Kier alpha value is -2.67. The molecule has 0 aliphatic carbocycles. The van der Waals surface area contributed by atoms with Gasteiger partial charge in [0.1, 0.15) is 0 Å². The number of nitrogens with zero attached hydrogens (tertiary/aromatic N) is 2. The molecule has 0 unspecified atom stereocenters. The van der Waals surface area contributed by atoms with Crippen molar-refractivity contribution in [1.29, 1.82) is 0 Å². The van der Waals surface area contributed by atoms with Crippen LogP contribution in [0.2, 0.25) is 0 Å². The van der Waals surface area contributed by atoms with E-state index in [9.17, 15) is 8.42 Å². The second-order valence-electron chi connectivity index (χ2n) is 6.28. The van der Waals surface area contributed by atoms with Gasteiger partial charge < -0.3 is 5.32 Å². The fourth-order valence-corrected chi connectivity index (χ4v) is 3.42. The fraction of sp³-hybridized carbons (Fsp3) is 0.263. The van der Waals surface area contributed by atoms with Crippen molar-refractivity contribution in [2.45, 2.75) is 38.1 Å². The van der Waals surface area contributed by atoms with Crippen LogP contribution in [0.4, 0.5) is 11.6 Å². The third-order valence-corrected chi connectivity index (χ3v) is 5.48. The van der Waals surface area contributed by atoms with Crippen molar-refractivity contribution in [3.8, 4) is 0 Å². The summed E-state index contributed by atoms with van der Waals surface area (Å²) < 4.78 is 28.1. The van der Waals surface area contributed by atoms with Crippen LogP contribution in [0.3, 0.4) is 0 Å². The minimum absolute atomic E-state index is 0.132. The molecule has 3 aromatic rings. The Morgan fingerprint density at radius 3 is 2.12 bits per heavy atom. The van der Waals surface area contributed by atoms with E-state index < -0.39 is 10.0 Å². The zero-order valence-corrected chi connectivity index (χ0v) is 15.8. The molecule has 0 aliphatic heterocycles. The van der Waals surface area contributed by atoms with Crippen molar-refractivity contribution in [1.82, 2.24) is 9.97 Å². The Labute approximate surface area is 153 Å². The highest BCUT2D eigenvalue weighted by Crippen LogP contribution is 2.25. The Bertz CT molecular complexity index is 1020. The third kappa shape index (κ3) is 3.94. The molecule has 0 amide bonds. The van der Waals surface area contributed by atoms with E-state index in [1.807, 2.05) is 39.0 Å². The molecule has 1 heterocycles. The minimum atomic E-state index is -3.76. The van der Waals surface area contributed by atoms with Gasteiger partial charge >= 0.3 is 0 Å². The number of aryl methyl sites for hydroxylation is 1. The molecule has 1 aromatic heterocycles. The summed E-state index contributed by atoms with van der Waals surface area (Å²) in [6.07, 6.45) is 0.874. The number of hydrogen-bond acceptors (Lipinski definition) is 5. The summed E-state index contributed by atoms with van der Waals surface area (Å²) >= 11 is 0. The highest BCUT2D eigenvalue weighted by Gasteiger charge is 2.19. The molecule has 0 spiro atoms. The van der Waals surface area contributed by atoms with Gasteiger partial charge in [0.15, 0.2) is 11.6 Å². The van der Waals surface area contributed by atoms with Crippen molar-refractivity contribution in [3.05, 3.63) is 54.1 Å². The lowest BCUT2D eigenvalue weighted by molar-refractivity contribution is 0.601. The van der Waals surface area contributed by atoms with Gasteiger partial charge in [-0.1, -0.05) is 36.8 Å². The van der Waals surface area contributed by atoms with Gasteiger partial charge in [-0.05, 0) is 44.5 Å². The monoisotopic (exact) mass is 370 g/mol. The molecule has 136 valence electrons. The van der Waals surface area contributed by atoms with E-state index in [0.29, 0.717) is 16.9 Å². The molecule has 26 heavy (non-hydrogen) atoms. The van der Waals surface area contributed by atoms with Gasteiger partial charge in [-0.15, -0.1) is 0 Å². The van der Waals surface area contributed by atoms with Crippen molar-refractivity contribution < 1.29 is 8.42 Å². The molecule has 0 aliphatic rings. The Morgan fingerprint density at radius 2 is 1.54 bits per heavy atom. The van der Waals surface area contributed by atoms with Gasteiger partial charge in [-0.3, -0.25) is 4.72 Å². The number of sulfonamides is 1. The van der Waals surface area contributed by atoms with E-state index in [-0.39, 0.29) is 16.8 Å². The smallest absolute Gasteiger partial charge is 0.263 e. The molecule has 0 saturated carbocycles. The molecule has 2 aromatic carbocycles. The van der Waals surface area contributed by atoms with Crippen molar-refractivity contribution in [3.63, 3.8) is 0 Å². The summed E-state index contributed by atoms with van der Waals surface area (Å²) in [5, 5.41) is 3.23. The fourth-order valence-electron chi connectivity index (χ4n) is 2.41. The van der Waals surface area contributed by atoms with Crippen LogP contribution < -0.4 is 10.0 Å². The van der Waals surface area contributed by atoms with Crippen LogP contribution in [-0.4, -0.2) is 24.4 Å². The molecule has 7 heteroatoms. The SMILES string of the molecule is CC[C@@H](C)Nc1nc2ccccc2nc1NS(=O)(=O)c1ccc(C)cc1. The zero-order chi connectivity index (χ0) is 18.7. The summed E-state index contributed by atoms with van der Waals surface area (Å²) in [4.78, 5) is 9.22. The number of rotatable bonds is 6. The number of anilines is 2. The van der Waals surface area contributed by atoms with E-state index >= 15 is 0 Å². The van der Waals surface area contributed by atoms with Crippen LogP contribution in [0.5, 0.6) is 0 Å². The lowest BCUT2D eigenvalue weighted by atomic mass is 10.2. The van der Waals surface area contributed by atoms with Crippen LogP contribution in [0, 0.1) is 6.92 Å². The summed E-state index contributed by atoms with van der Waals surface area (Å²) in [7, 11) is -3.76. The average molecular weight is 370 g/mol. The molecule has 6 nitrogen and oxygen atoms in total. The van der Waals surface area contributed by atoms with Gasteiger partial charge in [-0.25, -0.2) is 18.4 Å². The van der Waals surface area contributed by atoms with Crippen molar-refractivity contribution in [2.24, 2.45) is 0 Å². The van der Waals surface area contributed by atoms with E-state index in [1.165, 1.54) is 0 Å². The van der Waals surface area contributed by atoms with Crippen molar-refractivity contribution >= 4 is 32.7 Å². The van der Waals surface area contributed by atoms with Crippen LogP contribution in [0.15, 0.2) is 53.4 Å². The third-order valence-electron chi connectivity index (χ3n) is 4.13. The van der Waals surface area contributed by atoms with Crippen LogP contribution in [-0.2, 0) is 10.0 Å². The normalized spacial score (nSPS) is 12.7. The maximum atomic E-state index is 12.7. The maximum Gasteiger partial charge on any atom is 0.263 e. The lowest BCUT2D eigenvalue weighted by Gasteiger charge is -2.17. The number of fused-ring (bicyclic) bond motifs is 1. The summed E-state index contributed by atoms with van der Waals surface area (Å²) in [6.45, 7) is 5.96. The standard InChI is InChI=1S/C19H22N4O2S/c1-4-14(3)20-18-19(22-17-8-6-5-7-16(17)21-18)23-26(24,25)15-11-9-13(2)10-12-15/h5-12,14H,4H2,1-3H3,(H,20,21)(H,22,23)/t14-/m1/s1. The first-order valence-electron chi connectivity index (χ1n) is 8.52. The Balaban J connectivity index is 2.04. The number of benzene rings is 2. The molecule has 2 N–H and O–H groups in total. The van der Waals surface area contributed by atoms with Crippen molar-refractivity contribution in [2.75, 3.05) is 10.0 Å². The van der Waals surface area contributed by atoms with Crippen LogP contribution in [0.1, 0.15) is 25.8 Å². The van der Waals surface area contributed by atoms with Crippen LogP contribution >= 0.6 is 0 Å². The first kappa shape index (κ1) is 18.1. The molecule has 0 saturated heterocycles. The molecule has 0 fully saturated rings. The quantitative estimate of drug-likeness (QED) is 0.686. The number of para-hydroxylation sites is 2. The maximum absolute atomic E-state index is 12.7. The largest absolute Gasteiger partial charge is 0.365 e. The molecular formula is C19H22N4O2S. The summed E-state index contributed by atoms with van der Waals surface area (Å²) in [5.74, 6) is 0.623. The Kier molecular flexibility index (Phi) is 5.08.